The van der Waals surface area contributed by atoms with Crippen LogP contribution in [0, 0.1) is 5.92 Å². The minimum absolute atomic E-state index is 0.00595. The van der Waals surface area contributed by atoms with Gasteiger partial charge in [-0.25, -0.2) is 9.59 Å². The summed E-state index contributed by atoms with van der Waals surface area (Å²) in [6, 6.07) is 6.09. The molecule has 1 aliphatic heterocycles. The molecule has 1 saturated heterocycles. The molecule has 0 bridgehead atoms. The van der Waals surface area contributed by atoms with Crippen LogP contribution in [0.5, 0.6) is 0 Å². The van der Waals surface area contributed by atoms with Gasteiger partial charge in [-0.2, -0.15) is 12.6 Å². The van der Waals surface area contributed by atoms with Gasteiger partial charge in [0.25, 0.3) is 0 Å². The summed E-state index contributed by atoms with van der Waals surface area (Å²) in [4.78, 5) is 28.0. The molecule has 1 aliphatic carbocycles. The average molecular weight is 459 g/mol. The molecule has 2 heterocycles. The second-order valence-electron chi connectivity index (χ2n) is 11.0. The molecule has 3 atom stereocenters. The molecule has 2 aromatic rings. The number of amides is 1. The summed E-state index contributed by atoms with van der Waals surface area (Å²) in [7, 11) is 0. The van der Waals surface area contributed by atoms with E-state index in [9.17, 15) is 9.59 Å². The highest BCUT2D eigenvalue weighted by atomic mass is 32.1. The maximum Gasteiger partial charge on any atom is 0.419 e. The highest BCUT2D eigenvalue weighted by Gasteiger charge is 2.44. The third kappa shape index (κ3) is 4.36. The molecule has 1 aromatic heterocycles. The monoisotopic (exact) mass is 458 g/mol. The van der Waals surface area contributed by atoms with Crippen LogP contribution < -0.4 is 0 Å². The van der Waals surface area contributed by atoms with Crippen molar-refractivity contribution in [3.63, 3.8) is 0 Å². The molecule has 2 aliphatic rings. The van der Waals surface area contributed by atoms with Crippen LogP contribution in [-0.4, -0.2) is 51.2 Å². The summed E-state index contributed by atoms with van der Waals surface area (Å²) >= 11 is 4.56. The van der Waals surface area contributed by atoms with Crippen molar-refractivity contribution in [1.82, 2.24) is 9.47 Å². The number of carbonyl (C=O) groups is 2. The van der Waals surface area contributed by atoms with Gasteiger partial charge in [-0.05, 0) is 83.2 Å². The largest absolute Gasteiger partial charge is 0.444 e. The molecular weight excluding hydrogens is 424 g/mol. The number of benzene rings is 1. The molecule has 0 saturated carbocycles. The summed E-state index contributed by atoms with van der Waals surface area (Å²) in [6.45, 7) is 11.9. The van der Waals surface area contributed by atoms with E-state index in [0.29, 0.717) is 18.7 Å². The van der Waals surface area contributed by atoms with Gasteiger partial charge in [-0.15, -0.1) is 0 Å². The molecular formula is C25H34N2O4S. The number of nitrogens with zero attached hydrogens (tertiary/aromatic N) is 2. The van der Waals surface area contributed by atoms with Crippen molar-refractivity contribution in [2.24, 2.45) is 5.92 Å². The number of rotatable bonds is 1. The zero-order valence-corrected chi connectivity index (χ0v) is 20.7. The van der Waals surface area contributed by atoms with E-state index in [1.165, 1.54) is 5.56 Å². The van der Waals surface area contributed by atoms with Crippen LogP contribution in [-0.2, 0) is 15.9 Å². The maximum absolute atomic E-state index is 13.2. The second-order valence-corrected chi connectivity index (χ2v) is 11.4. The van der Waals surface area contributed by atoms with E-state index in [4.69, 9.17) is 9.47 Å². The Balaban J connectivity index is 1.76. The molecule has 1 unspecified atom stereocenters. The number of aromatic nitrogens is 1. The van der Waals surface area contributed by atoms with Crippen molar-refractivity contribution in [2.45, 2.75) is 77.5 Å². The van der Waals surface area contributed by atoms with Crippen LogP contribution in [0.3, 0.4) is 0 Å². The Morgan fingerprint density at radius 2 is 1.72 bits per heavy atom. The number of thiol groups is 1. The SMILES string of the molecule is CC(C)(C)OC(=O)N1C[C@H](CS)CC2c3cccc4c3c(cn4C(=O)OC(C)(C)C)C[C@H]21. The van der Waals surface area contributed by atoms with Crippen molar-refractivity contribution >= 4 is 35.7 Å². The molecule has 1 amide bonds. The van der Waals surface area contributed by atoms with Crippen LogP contribution in [0.1, 0.15) is 65.0 Å². The van der Waals surface area contributed by atoms with Crippen LogP contribution >= 0.6 is 12.6 Å². The molecule has 1 aromatic carbocycles. The minimum Gasteiger partial charge on any atom is -0.444 e. The van der Waals surface area contributed by atoms with Gasteiger partial charge in [0.1, 0.15) is 11.2 Å². The molecule has 7 heteroatoms. The molecule has 174 valence electrons. The highest BCUT2D eigenvalue weighted by molar-refractivity contribution is 7.80. The third-order valence-electron chi connectivity index (χ3n) is 6.15. The molecule has 0 spiro atoms. The number of carbonyl (C=O) groups excluding carboxylic acids is 2. The van der Waals surface area contributed by atoms with E-state index in [2.05, 4.69) is 18.7 Å². The van der Waals surface area contributed by atoms with Crippen molar-refractivity contribution in [3.8, 4) is 0 Å². The fourth-order valence-corrected chi connectivity index (χ4v) is 5.28. The van der Waals surface area contributed by atoms with Gasteiger partial charge in [0.05, 0.1) is 5.52 Å². The van der Waals surface area contributed by atoms with E-state index in [1.807, 2.05) is 64.8 Å². The van der Waals surface area contributed by atoms with Crippen LogP contribution in [0.4, 0.5) is 9.59 Å². The zero-order valence-electron chi connectivity index (χ0n) is 19.8. The van der Waals surface area contributed by atoms with Crippen molar-refractivity contribution < 1.29 is 19.1 Å². The Kier molecular flexibility index (Phi) is 5.76. The van der Waals surface area contributed by atoms with E-state index < -0.39 is 11.2 Å². The standard InChI is InChI=1S/C25H34N2O4S/c1-24(2,3)30-22(28)26-12-15(14-32)10-18-17-8-7-9-19-21(17)16(11-20(18)26)13-27(19)23(29)31-25(4,5)6/h7-9,13,15,18,20,32H,10-12,14H2,1-6H3/t15-,18?,20-/m1/s1. The van der Waals surface area contributed by atoms with E-state index in [1.54, 1.807) is 4.57 Å². The van der Waals surface area contributed by atoms with Crippen molar-refractivity contribution in [1.29, 1.82) is 0 Å². The summed E-state index contributed by atoms with van der Waals surface area (Å²) in [6.07, 6.45) is 2.88. The van der Waals surface area contributed by atoms with E-state index in [0.717, 1.165) is 22.9 Å². The summed E-state index contributed by atoms with van der Waals surface area (Å²) in [5, 5.41) is 1.11. The van der Waals surface area contributed by atoms with Gasteiger partial charge in [-0.3, -0.25) is 4.57 Å². The first-order valence-corrected chi connectivity index (χ1v) is 12.0. The predicted molar refractivity (Wildman–Crippen MR) is 129 cm³/mol. The molecule has 32 heavy (non-hydrogen) atoms. The fraction of sp³-hybridized carbons (Fsp3) is 0.600. The Labute approximate surface area is 195 Å². The lowest BCUT2D eigenvalue weighted by Crippen LogP contribution is -2.54. The lowest BCUT2D eigenvalue weighted by Gasteiger charge is -2.46. The molecule has 1 fully saturated rings. The van der Waals surface area contributed by atoms with Gasteiger partial charge in [0.2, 0.25) is 0 Å². The number of ether oxygens (including phenoxy) is 2. The van der Waals surface area contributed by atoms with Gasteiger partial charge >= 0.3 is 12.2 Å². The van der Waals surface area contributed by atoms with Crippen LogP contribution in [0.2, 0.25) is 0 Å². The summed E-state index contributed by atoms with van der Waals surface area (Å²) < 4.78 is 13.0. The minimum atomic E-state index is -0.576. The molecule has 0 N–H and O–H groups in total. The smallest absolute Gasteiger partial charge is 0.419 e. The van der Waals surface area contributed by atoms with Gasteiger partial charge in [-0.1, -0.05) is 12.1 Å². The Morgan fingerprint density at radius 3 is 2.34 bits per heavy atom. The van der Waals surface area contributed by atoms with E-state index >= 15 is 0 Å². The lowest BCUT2D eigenvalue weighted by atomic mass is 9.72. The first-order chi connectivity index (χ1) is 14.9. The lowest BCUT2D eigenvalue weighted by molar-refractivity contribution is -0.000204. The molecule has 4 rings (SSSR count). The number of hydrogen-bond donors (Lipinski definition) is 1. The topological polar surface area (TPSA) is 60.8 Å². The first-order valence-electron chi connectivity index (χ1n) is 11.3. The molecule has 6 nitrogen and oxygen atoms in total. The van der Waals surface area contributed by atoms with Crippen molar-refractivity contribution in [3.05, 3.63) is 35.5 Å². The van der Waals surface area contributed by atoms with Crippen LogP contribution in [0.25, 0.3) is 10.9 Å². The fourth-order valence-electron chi connectivity index (χ4n) is 5.02. The van der Waals surface area contributed by atoms with E-state index in [-0.39, 0.29) is 30.1 Å². The molecule has 0 radical (unpaired) electrons. The Hall–Kier alpha value is -2.15. The van der Waals surface area contributed by atoms with Gasteiger partial charge in [0.15, 0.2) is 0 Å². The van der Waals surface area contributed by atoms with Crippen LogP contribution in [0.15, 0.2) is 24.4 Å². The van der Waals surface area contributed by atoms with Gasteiger partial charge in [0, 0.05) is 30.1 Å². The number of fused-ring (bicyclic) bond motifs is 2. The normalized spacial score (nSPS) is 23.1. The highest BCUT2D eigenvalue weighted by Crippen LogP contribution is 2.46. The maximum atomic E-state index is 13.2. The average Bonchev–Trinajstić information content (AvgIpc) is 3.05. The Bertz CT molecular complexity index is 1050. The zero-order chi connectivity index (χ0) is 23.4. The summed E-state index contributed by atoms with van der Waals surface area (Å²) in [5.41, 5.74) is 1.99. The number of piperidine rings is 1. The number of hydrogen-bond acceptors (Lipinski definition) is 5. The first kappa shape index (κ1) is 23.0. The Morgan fingerprint density at radius 1 is 1.06 bits per heavy atom. The summed E-state index contributed by atoms with van der Waals surface area (Å²) in [5.74, 6) is 1.18. The second kappa shape index (κ2) is 8.01. The third-order valence-corrected chi connectivity index (χ3v) is 6.67. The number of likely N-dealkylation sites (tertiary alicyclic amines) is 1. The van der Waals surface area contributed by atoms with Gasteiger partial charge < -0.3 is 14.4 Å². The predicted octanol–water partition coefficient (Wildman–Crippen LogP) is 5.62. The van der Waals surface area contributed by atoms with Crippen molar-refractivity contribution in [2.75, 3.05) is 12.3 Å². The quantitative estimate of drug-likeness (QED) is 0.564.